The molecule has 32 heavy (non-hydrogen) atoms. The van der Waals surface area contributed by atoms with Crippen molar-refractivity contribution in [2.24, 2.45) is 0 Å². The van der Waals surface area contributed by atoms with Crippen molar-refractivity contribution >= 4 is 39.0 Å². The molecule has 0 fully saturated rings. The van der Waals surface area contributed by atoms with Crippen molar-refractivity contribution in [3.8, 4) is 0 Å². The van der Waals surface area contributed by atoms with E-state index in [1.165, 1.54) is 24.3 Å². The Balaban J connectivity index is 1.54. The topological polar surface area (TPSA) is 59.0 Å². The summed E-state index contributed by atoms with van der Waals surface area (Å²) in [6.07, 6.45) is 3.65. The summed E-state index contributed by atoms with van der Waals surface area (Å²) in [7, 11) is 0. The Morgan fingerprint density at radius 3 is 2.44 bits per heavy atom. The minimum absolute atomic E-state index is 0.193. The number of nitrogens with one attached hydrogen (secondary N) is 2. The number of hydrogen-bond acceptors (Lipinski definition) is 3. The van der Waals surface area contributed by atoms with Gasteiger partial charge in [-0.05, 0) is 53.6 Å². The fraction of sp³-hybridized carbons (Fsp3) is 0.0400. The molecule has 0 radical (unpaired) electrons. The molecule has 1 atom stereocenters. The van der Waals surface area contributed by atoms with E-state index in [4.69, 9.17) is 0 Å². The van der Waals surface area contributed by atoms with Gasteiger partial charge >= 0.3 is 0 Å². The maximum atomic E-state index is 13.2. The van der Waals surface area contributed by atoms with Gasteiger partial charge in [0, 0.05) is 15.9 Å². The van der Waals surface area contributed by atoms with Gasteiger partial charge in [-0.3, -0.25) is 4.79 Å². The predicted octanol–water partition coefficient (Wildman–Crippen LogP) is 6.09. The van der Waals surface area contributed by atoms with Crippen molar-refractivity contribution in [3.05, 3.63) is 118 Å². The minimum Gasteiger partial charge on any atom is -0.339 e. The van der Waals surface area contributed by atoms with Crippen LogP contribution in [0.4, 0.5) is 15.9 Å². The van der Waals surface area contributed by atoms with E-state index < -0.39 is 0 Å². The number of carbonyl (C=O) groups is 1. The van der Waals surface area contributed by atoms with Crippen molar-refractivity contribution in [1.29, 1.82) is 0 Å². The number of rotatable bonds is 4. The number of fused-ring (bicyclic) bond motifs is 1. The lowest BCUT2D eigenvalue weighted by atomic mass is 10.0. The van der Waals surface area contributed by atoms with Crippen LogP contribution >= 0.6 is 15.9 Å². The number of amides is 1. The van der Waals surface area contributed by atoms with Crippen LogP contribution in [0.15, 0.2) is 95.6 Å². The van der Waals surface area contributed by atoms with Gasteiger partial charge in [-0.25, -0.2) is 9.07 Å². The van der Waals surface area contributed by atoms with E-state index in [1.54, 1.807) is 10.9 Å². The van der Waals surface area contributed by atoms with Crippen LogP contribution in [-0.4, -0.2) is 15.7 Å². The first-order chi connectivity index (χ1) is 15.6. The van der Waals surface area contributed by atoms with Gasteiger partial charge in [-0.1, -0.05) is 58.4 Å². The van der Waals surface area contributed by atoms with E-state index in [2.05, 4.69) is 37.7 Å². The average Bonchev–Trinajstić information content (AvgIpc) is 3.25. The molecule has 2 N–H and O–H groups in total. The first-order valence-corrected chi connectivity index (χ1v) is 10.8. The van der Waals surface area contributed by atoms with Gasteiger partial charge in [0.25, 0.3) is 5.91 Å². The molecule has 0 bridgehead atoms. The van der Waals surface area contributed by atoms with Crippen LogP contribution in [0.2, 0.25) is 0 Å². The van der Waals surface area contributed by atoms with Gasteiger partial charge in [-0.15, -0.1) is 0 Å². The van der Waals surface area contributed by atoms with E-state index in [1.807, 2.05) is 54.6 Å². The van der Waals surface area contributed by atoms with Crippen molar-refractivity contribution in [1.82, 2.24) is 9.78 Å². The lowest BCUT2D eigenvalue weighted by molar-refractivity contribution is 0.102. The van der Waals surface area contributed by atoms with Crippen LogP contribution < -0.4 is 10.6 Å². The van der Waals surface area contributed by atoms with Crippen LogP contribution in [0, 0.1) is 5.82 Å². The maximum Gasteiger partial charge on any atom is 0.261 e. The third-order valence-corrected chi connectivity index (χ3v) is 5.81. The van der Waals surface area contributed by atoms with Gasteiger partial charge in [-0.2, -0.15) is 5.10 Å². The van der Waals surface area contributed by atoms with E-state index in [9.17, 15) is 9.18 Å². The molecule has 5 rings (SSSR count). The summed E-state index contributed by atoms with van der Waals surface area (Å²) in [5.74, 6) is -0.0873. The lowest BCUT2D eigenvalue weighted by Crippen LogP contribution is -2.22. The highest BCUT2D eigenvalue weighted by Crippen LogP contribution is 2.35. The summed E-state index contributed by atoms with van der Waals surface area (Å²) < 4.78 is 16.0. The number of anilines is 2. The molecule has 1 aromatic heterocycles. The van der Waals surface area contributed by atoms with Gasteiger partial charge in [0.05, 0.1) is 12.2 Å². The summed E-state index contributed by atoms with van der Waals surface area (Å²) in [6, 6.07) is 23.4. The molecule has 158 valence electrons. The van der Waals surface area contributed by atoms with Crippen LogP contribution in [0.5, 0.6) is 0 Å². The van der Waals surface area contributed by atoms with Gasteiger partial charge in [0.2, 0.25) is 0 Å². The molecule has 5 nitrogen and oxygen atoms in total. The molecule has 3 aromatic carbocycles. The second-order valence-electron chi connectivity index (χ2n) is 7.38. The first-order valence-electron chi connectivity index (χ1n) is 10.0. The van der Waals surface area contributed by atoms with Crippen molar-refractivity contribution in [2.45, 2.75) is 6.04 Å². The van der Waals surface area contributed by atoms with E-state index in [0.717, 1.165) is 21.3 Å². The Labute approximate surface area is 192 Å². The molecule has 1 aliphatic rings. The Bertz CT molecular complexity index is 1300. The fourth-order valence-corrected chi connectivity index (χ4v) is 3.94. The second kappa shape index (κ2) is 8.43. The van der Waals surface area contributed by atoms with Crippen LogP contribution in [0.3, 0.4) is 0 Å². The molecule has 1 amide bonds. The second-order valence-corrected chi connectivity index (χ2v) is 8.30. The smallest absolute Gasteiger partial charge is 0.261 e. The number of carbonyl (C=O) groups excluding carboxylic acids is 1. The third-order valence-electron chi connectivity index (χ3n) is 5.28. The zero-order chi connectivity index (χ0) is 22.1. The summed E-state index contributed by atoms with van der Waals surface area (Å²) in [5.41, 5.74) is 3.85. The molecule has 1 unspecified atom stereocenters. The normalized spacial score (nSPS) is 14.8. The number of halogens is 2. The monoisotopic (exact) mass is 488 g/mol. The number of allylic oxidation sites excluding steroid dienone is 1. The molecular formula is C25H18BrFN4O. The van der Waals surface area contributed by atoms with E-state index in [-0.39, 0.29) is 17.8 Å². The fourth-order valence-electron chi connectivity index (χ4n) is 3.68. The van der Waals surface area contributed by atoms with Crippen molar-refractivity contribution < 1.29 is 9.18 Å². The largest absolute Gasteiger partial charge is 0.339 e. The molecule has 4 aromatic rings. The number of nitrogens with zero attached hydrogens (tertiary/aromatic N) is 2. The molecule has 7 heteroatoms. The van der Waals surface area contributed by atoms with Crippen molar-refractivity contribution in [2.75, 3.05) is 10.6 Å². The highest BCUT2D eigenvalue weighted by molar-refractivity contribution is 9.10. The van der Waals surface area contributed by atoms with Gasteiger partial charge < -0.3 is 10.6 Å². The Morgan fingerprint density at radius 1 is 1.00 bits per heavy atom. The molecular weight excluding hydrogens is 471 g/mol. The molecule has 0 spiro atoms. The number of hydrogen-bond donors (Lipinski definition) is 2. The van der Waals surface area contributed by atoms with Gasteiger partial charge in [0.1, 0.15) is 17.2 Å². The predicted molar refractivity (Wildman–Crippen MR) is 127 cm³/mol. The van der Waals surface area contributed by atoms with Gasteiger partial charge in [0.15, 0.2) is 0 Å². The maximum absolute atomic E-state index is 13.2. The van der Waals surface area contributed by atoms with Crippen LogP contribution in [0.1, 0.15) is 27.5 Å². The van der Waals surface area contributed by atoms with E-state index >= 15 is 0 Å². The van der Waals surface area contributed by atoms with Crippen molar-refractivity contribution in [3.63, 3.8) is 0 Å². The first kappa shape index (κ1) is 20.2. The third kappa shape index (κ3) is 3.94. The quantitative estimate of drug-likeness (QED) is 0.365. The minimum atomic E-state index is -0.359. The zero-order valence-electron chi connectivity index (χ0n) is 16.8. The van der Waals surface area contributed by atoms with E-state index in [0.29, 0.717) is 17.1 Å². The standard InChI is InChI=1S/C25H18BrFN4O/c26-18-8-6-17(7-9-18)23-14-22(16-4-2-1-3-5-16)30-24-21(15-28-31(23)24)25(32)29-20-12-10-19(27)11-13-20/h1-15,23,30H,(H,29,32). The highest BCUT2D eigenvalue weighted by Gasteiger charge is 2.27. The van der Waals surface area contributed by atoms with Crippen LogP contribution in [-0.2, 0) is 0 Å². The zero-order valence-corrected chi connectivity index (χ0v) is 18.4. The summed E-state index contributed by atoms with van der Waals surface area (Å²) in [4.78, 5) is 13.0. The molecule has 0 aliphatic carbocycles. The SMILES string of the molecule is O=C(Nc1ccc(F)cc1)c1cnn2c1NC(c1ccccc1)=CC2c1ccc(Br)cc1. The Kier molecular flexibility index (Phi) is 5.33. The Morgan fingerprint density at radius 2 is 1.72 bits per heavy atom. The summed E-state index contributed by atoms with van der Waals surface area (Å²) >= 11 is 3.48. The Hall–Kier alpha value is -3.71. The summed E-state index contributed by atoms with van der Waals surface area (Å²) in [5, 5.41) is 10.7. The number of aromatic nitrogens is 2. The summed E-state index contributed by atoms with van der Waals surface area (Å²) in [6.45, 7) is 0. The molecule has 0 saturated carbocycles. The lowest BCUT2D eigenvalue weighted by Gasteiger charge is -2.26. The molecule has 0 saturated heterocycles. The molecule has 1 aliphatic heterocycles. The highest BCUT2D eigenvalue weighted by atomic mass is 79.9. The van der Waals surface area contributed by atoms with Crippen LogP contribution in [0.25, 0.3) is 5.70 Å². The average molecular weight is 489 g/mol. The number of benzene rings is 3. The molecule has 2 heterocycles.